The quantitative estimate of drug-likeness (QED) is 0.809. The number of anilines is 1. The second-order valence-corrected chi connectivity index (χ2v) is 4.59. The second kappa shape index (κ2) is 5.27. The van der Waals surface area contributed by atoms with E-state index < -0.39 is 0 Å². The van der Waals surface area contributed by atoms with Gasteiger partial charge in [0.2, 0.25) is 0 Å². The van der Waals surface area contributed by atoms with Crippen molar-refractivity contribution in [1.82, 2.24) is 9.97 Å². The zero-order chi connectivity index (χ0) is 12.3. The van der Waals surface area contributed by atoms with Gasteiger partial charge in [-0.25, -0.2) is 0 Å². The van der Waals surface area contributed by atoms with Crippen molar-refractivity contribution in [2.75, 3.05) is 18.0 Å². The van der Waals surface area contributed by atoms with E-state index in [0.29, 0.717) is 0 Å². The van der Waals surface area contributed by atoms with E-state index in [2.05, 4.69) is 44.3 Å². The minimum Gasteiger partial charge on any atom is -0.366 e. The first kappa shape index (κ1) is 12.0. The van der Waals surface area contributed by atoms with Gasteiger partial charge in [0.1, 0.15) is 5.52 Å². The topological polar surface area (TPSA) is 29.0 Å². The molecule has 0 saturated heterocycles. The van der Waals surface area contributed by atoms with Crippen molar-refractivity contribution in [3.05, 3.63) is 41.7 Å². The lowest BCUT2D eigenvalue weighted by atomic mass is 10.2. The van der Waals surface area contributed by atoms with Crippen molar-refractivity contribution < 1.29 is 0 Å². The number of pyridine rings is 2. The van der Waals surface area contributed by atoms with Gasteiger partial charge >= 0.3 is 0 Å². The molecule has 0 bridgehead atoms. The van der Waals surface area contributed by atoms with Crippen LogP contribution >= 0.6 is 15.9 Å². The predicted octanol–water partition coefficient (Wildman–Crippen LogP) is 3.40. The first-order valence-electron chi connectivity index (χ1n) is 5.52. The standard InChI is InChI=1S/C13H14BrN3/c1-3-7-17(4-2)12-5-6-15-11-8-10(14)9-16-13(11)12/h3,5-6,8-9H,1,4,7H2,2H3. The van der Waals surface area contributed by atoms with Crippen LogP contribution in [-0.4, -0.2) is 23.1 Å². The molecule has 88 valence electrons. The van der Waals surface area contributed by atoms with Gasteiger partial charge in [0.25, 0.3) is 0 Å². The molecule has 0 aliphatic carbocycles. The highest BCUT2D eigenvalue weighted by Crippen LogP contribution is 2.25. The van der Waals surface area contributed by atoms with Crippen LogP contribution in [0.5, 0.6) is 0 Å². The molecule has 4 heteroatoms. The van der Waals surface area contributed by atoms with Crippen LogP contribution in [0.1, 0.15) is 6.92 Å². The number of nitrogens with zero attached hydrogens (tertiary/aromatic N) is 3. The molecule has 0 aliphatic heterocycles. The molecule has 0 aliphatic rings. The molecular formula is C13H14BrN3. The molecular weight excluding hydrogens is 278 g/mol. The van der Waals surface area contributed by atoms with Crippen molar-refractivity contribution in [1.29, 1.82) is 0 Å². The van der Waals surface area contributed by atoms with Crippen molar-refractivity contribution in [2.45, 2.75) is 6.92 Å². The first-order chi connectivity index (χ1) is 8.26. The third-order valence-electron chi connectivity index (χ3n) is 2.59. The molecule has 3 nitrogen and oxygen atoms in total. The smallest absolute Gasteiger partial charge is 0.112 e. The highest BCUT2D eigenvalue weighted by molar-refractivity contribution is 9.10. The summed E-state index contributed by atoms with van der Waals surface area (Å²) in [5.41, 5.74) is 2.93. The summed E-state index contributed by atoms with van der Waals surface area (Å²) in [6, 6.07) is 3.98. The Morgan fingerprint density at radius 1 is 1.47 bits per heavy atom. The molecule has 0 amide bonds. The Balaban J connectivity index is 2.56. The maximum Gasteiger partial charge on any atom is 0.112 e. The van der Waals surface area contributed by atoms with Crippen LogP contribution in [0.15, 0.2) is 41.7 Å². The molecule has 17 heavy (non-hydrogen) atoms. The zero-order valence-corrected chi connectivity index (χ0v) is 11.3. The molecule has 0 atom stereocenters. The van der Waals surface area contributed by atoms with E-state index in [1.54, 1.807) is 6.20 Å². The van der Waals surface area contributed by atoms with E-state index in [-0.39, 0.29) is 0 Å². The fourth-order valence-corrected chi connectivity index (χ4v) is 2.12. The Morgan fingerprint density at radius 3 is 3.00 bits per heavy atom. The second-order valence-electron chi connectivity index (χ2n) is 3.68. The van der Waals surface area contributed by atoms with E-state index in [4.69, 9.17) is 0 Å². The molecule has 0 radical (unpaired) electrons. The minimum absolute atomic E-state index is 0.813. The van der Waals surface area contributed by atoms with Crippen LogP contribution in [0.3, 0.4) is 0 Å². The Labute approximate surface area is 109 Å². The van der Waals surface area contributed by atoms with Crippen LogP contribution in [0.25, 0.3) is 11.0 Å². The van der Waals surface area contributed by atoms with Gasteiger partial charge in [0.05, 0.1) is 11.2 Å². The van der Waals surface area contributed by atoms with E-state index >= 15 is 0 Å². The Hall–Kier alpha value is -1.42. The summed E-state index contributed by atoms with van der Waals surface area (Å²) in [5, 5.41) is 0. The van der Waals surface area contributed by atoms with Crippen molar-refractivity contribution in [3.8, 4) is 0 Å². The fourth-order valence-electron chi connectivity index (χ4n) is 1.80. The summed E-state index contributed by atoms with van der Waals surface area (Å²) < 4.78 is 0.946. The van der Waals surface area contributed by atoms with Gasteiger partial charge in [-0.05, 0) is 35.0 Å². The molecule has 0 spiro atoms. The normalized spacial score (nSPS) is 10.5. The number of likely N-dealkylation sites (N-methyl/N-ethyl adjacent to an activating group) is 1. The molecule has 0 unspecified atom stereocenters. The number of fused-ring (bicyclic) bond motifs is 1. The maximum absolute atomic E-state index is 4.45. The van der Waals surface area contributed by atoms with Gasteiger partial charge in [0.15, 0.2) is 0 Å². The molecule has 0 fully saturated rings. The summed E-state index contributed by atoms with van der Waals surface area (Å²) in [6.07, 6.45) is 5.52. The molecule has 2 aromatic heterocycles. The monoisotopic (exact) mass is 291 g/mol. The molecule has 0 aromatic carbocycles. The predicted molar refractivity (Wildman–Crippen MR) is 75.3 cm³/mol. The Morgan fingerprint density at radius 2 is 2.29 bits per heavy atom. The van der Waals surface area contributed by atoms with Gasteiger partial charge in [-0.2, -0.15) is 0 Å². The average molecular weight is 292 g/mol. The number of rotatable bonds is 4. The Kier molecular flexibility index (Phi) is 3.74. The van der Waals surface area contributed by atoms with Crippen molar-refractivity contribution in [3.63, 3.8) is 0 Å². The van der Waals surface area contributed by atoms with Crippen LogP contribution < -0.4 is 4.90 Å². The summed E-state index contributed by atoms with van der Waals surface area (Å²) in [6.45, 7) is 7.63. The van der Waals surface area contributed by atoms with E-state index in [9.17, 15) is 0 Å². The SMILES string of the molecule is C=CCN(CC)c1ccnc2cc(Br)cnc12. The molecule has 0 N–H and O–H groups in total. The van der Waals surface area contributed by atoms with Gasteiger partial charge in [-0.1, -0.05) is 6.08 Å². The molecule has 2 heterocycles. The van der Waals surface area contributed by atoms with E-state index in [1.165, 1.54) is 0 Å². The third-order valence-corrected chi connectivity index (χ3v) is 3.03. The third kappa shape index (κ3) is 2.47. The lowest BCUT2D eigenvalue weighted by molar-refractivity contribution is 0.908. The highest BCUT2D eigenvalue weighted by atomic mass is 79.9. The summed E-state index contributed by atoms with van der Waals surface area (Å²) in [4.78, 5) is 11.0. The zero-order valence-electron chi connectivity index (χ0n) is 9.73. The van der Waals surface area contributed by atoms with E-state index in [0.717, 1.165) is 34.3 Å². The van der Waals surface area contributed by atoms with Gasteiger partial charge < -0.3 is 4.90 Å². The lowest BCUT2D eigenvalue weighted by Gasteiger charge is -2.22. The number of aromatic nitrogens is 2. The van der Waals surface area contributed by atoms with Gasteiger partial charge in [-0.3, -0.25) is 9.97 Å². The average Bonchev–Trinajstić information content (AvgIpc) is 2.35. The maximum atomic E-state index is 4.45. The highest BCUT2D eigenvalue weighted by Gasteiger charge is 2.09. The van der Waals surface area contributed by atoms with Crippen LogP contribution in [0.2, 0.25) is 0 Å². The van der Waals surface area contributed by atoms with Crippen molar-refractivity contribution >= 4 is 32.7 Å². The largest absolute Gasteiger partial charge is 0.366 e. The lowest BCUT2D eigenvalue weighted by Crippen LogP contribution is -2.22. The van der Waals surface area contributed by atoms with Crippen LogP contribution in [0.4, 0.5) is 5.69 Å². The van der Waals surface area contributed by atoms with Crippen molar-refractivity contribution in [2.24, 2.45) is 0 Å². The fraction of sp³-hybridized carbons (Fsp3) is 0.231. The van der Waals surface area contributed by atoms with E-state index in [1.807, 2.05) is 24.4 Å². The summed E-state index contributed by atoms with van der Waals surface area (Å²) in [7, 11) is 0. The molecule has 0 saturated carbocycles. The summed E-state index contributed by atoms with van der Waals surface area (Å²) >= 11 is 3.41. The number of halogens is 1. The molecule has 2 aromatic rings. The minimum atomic E-state index is 0.813. The number of hydrogen-bond donors (Lipinski definition) is 0. The van der Waals surface area contributed by atoms with Crippen LogP contribution in [-0.2, 0) is 0 Å². The first-order valence-corrected chi connectivity index (χ1v) is 6.31. The Bertz CT molecular complexity index is 539. The summed E-state index contributed by atoms with van der Waals surface area (Å²) in [5.74, 6) is 0. The van der Waals surface area contributed by atoms with Gasteiger partial charge in [0, 0.05) is 30.0 Å². The van der Waals surface area contributed by atoms with Gasteiger partial charge in [-0.15, -0.1) is 6.58 Å². The number of hydrogen-bond acceptors (Lipinski definition) is 3. The van der Waals surface area contributed by atoms with Crippen LogP contribution in [0, 0.1) is 0 Å². The molecule has 2 rings (SSSR count).